The van der Waals surface area contributed by atoms with Gasteiger partial charge in [-0.25, -0.2) is 4.98 Å². The number of hydrogen-bond donors (Lipinski definition) is 1. The Labute approximate surface area is 91.1 Å². The van der Waals surface area contributed by atoms with Crippen molar-refractivity contribution in [3.63, 3.8) is 0 Å². The largest absolute Gasteiger partial charge is 0.445 e. The lowest BCUT2D eigenvalue weighted by atomic mass is 9.92. The van der Waals surface area contributed by atoms with E-state index in [1.807, 2.05) is 0 Å². The Balaban J connectivity index is 2.16. The Morgan fingerprint density at radius 3 is 2.87 bits per heavy atom. The highest BCUT2D eigenvalue weighted by atomic mass is 16.4. The molecule has 0 spiro atoms. The molecule has 0 aliphatic heterocycles. The maximum atomic E-state index is 5.90. The van der Waals surface area contributed by atoms with Gasteiger partial charge < -0.3 is 10.2 Å². The van der Waals surface area contributed by atoms with Gasteiger partial charge >= 0.3 is 0 Å². The maximum Gasteiger partial charge on any atom is 0.195 e. The topological polar surface area (TPSA) is 52.0 Å². The Hall–Kier alpha value is -0.830. The van der Waals surface area contributed by atoms with Crippen molar-refractivity contribution in [1.82, 2.24) is 4.98 Å². The van der Waals surface area contributed by atoms with Crippen molar-refractivity contribution < 1.29 is 4.42 Å². The second-order valence-corrected chi connectivity index (χ2v) is 5.72. The van der Waals surface area contributed by atoms with Gasteiger partial charge in [-0.2, -0.15) is 0 Å². The summed E-state index contributed by atoms with van der Waals surface area (Å²) >= 11 is 0. The molecule has 2 rings (SSSR count). The average Bonchev–Trinajstić information content (AvgIpc) is 2.42. The molecule has 1 heterocycles. The molecule has 2 N–H and O–H groups in total. The summed E-state index contributed by atoms with van der Waals surface area (Å²) in [6, 6.07) is 0.257. The molecule has 1 aromatic rings. The lowest BCUT2D eigenvalue weighted by Gasteiger charge is -2.15. The molecule has 1 aliphatic rings. The summed E-state index contributed by atoms with van der Waals surface area (Å²) in [4.78, 5) is 4.55. The molecule has 0 amide bonds. The summed E-state index contributed by atoms with van der Waals surface area (Å²) in [5, 5.41) is 0. The molecular weight excluding hydrogens is 188 g/mol. The van der Waals surface area contributed by atoms with E-state index in [-0.39, 0.29) is 11.5 Å². The molecule has 1 aliphatic carbocycles. The van der Waals surface area contributed by atoms with Crippen LogP contribution < -0.4 is 5.73 Å². The summed E-state index contributed by atoms with van der Waals surface area (Å²) < 4.78 is 5.76. The molecule has 84 valence electrons. The fourth-order valence-corrected chi connectivity index (χ4v) is 1.98. The van der Waals surface area contributed by atoms with E-state index >= 15 is 0 Å². The van der Waals surface area contributed by atoms with Crippen LogP contribution in [0.3, 0.4) is 0 Å². The first-order valence-electron chi connectivity index (χ1n) is 5.67. The first kappa shape index (κ1) is 10.7. The summed E-state index contributed by atoms with van der Waals surface area (Å²) in [5.74, 6) is 1.90. The monoisotopic (exact) mass is 208 g/mol. The van der Waals surface area contributed by atoms with E-state index in [0.717, 1.165) is 43.0 Å². The third kappa shape index (κ3) is 2.59. The lowest BCUT2D eigenvalue weighted by Crippen LogP contribution is -2.27. The van der Waals surface area contributed by atoms with Crippen molar-refractivity contribution in [3.8, 4) is 0 Å². The molecule has 0 aromatic carbocycles. The van der Waals surface area contributed by atoms with Gasteiger partial charge in [-0.3, -0.25) is 0 Å². The average molecular weight is 208 g/mol. The van der Waals surface area contributed by atoms with Crippen molar-refractivity contribution >= 4 is 0 Å². The molecule has 0 saturated heterocycles. The van der Waals surface area contributed by atoms with Gasteiger partial charge in [-0.15, -0.1) is 0 Å². The van der Waals surface area contributed by atoms with Gasteiger partial charge in [0.2, 0.25) is 0 Å². The van der Waals surface area contributed by atoms with Gasteiger partial charge in [-0.1, -0.05) is 20.8 Å². The Kier molecular flexibility index (Phi) is 2.59. The summed E-state index contributed by atoms with van der Waals surface area (Å²) in [6.07, 6.45) is 3.76. The predicted octanol–water partition coefficient (Wildman–Crippen LogP) is 2.08. The van der Waals surface area contributed by atoms with Crippen LogP contribution in [-0.2, 0) is 19.3 Å². The Bertz CT molecular complexity index is 349. The first-order valence-corrected chi connectivity index (χ1v) is 5.67. The minimum Gasteiger partial charge on any atom is -0.445 e. The number of aromatic nitrogens is 1. The summed E-state index contributed by atoms with van der Waals surface area (Å²) in [7, 11) is 0. The number of rotatable bonds is 1. The summed E-state index contributed by atoms with van der Waals surface area (Å²) in [6.45, 7) is 6.59. The fraction of sp³-hybridized carbons (Fsp3) is 0.750. The highest BCUT2D eigenvalue weighted by molar-refractivity contribution is 5.15. The predicted molar refractivity (Wildman–Crippen MR) is 59.7 cm³/mol. The van der Waals surface area contributed by atoms with Crippen molar-refractivity contribution in [2.24, 2.45) is 11.1 Å². The molecule has 0 saturated carbocycles. The zero-order valence-electron chi connectivity index (χ0n) is 9.84. The van der Waals surface area contributed by atoms with Crippen LogP contribution in [0.5, 0.6) is 0 Å². The minimum absolute atomic E-state index is 0.232. The smallest absolute Gasteiger partial charge is 0.195 e. The molecule has 1 aromatic heterocycles. The van der Waals surface area contributed by atoms with E-state index in [1.165, 1.54) is 0 Å². The molecule has 3 heteroatoms. The molecule has 0 bridgehead atoms. The van der Waals surface area contributed by atoms with Crippen LogP contribution in [0.15, 0.2) is 4.42 Å². The molecule has 15 heavy (non-hydrogen) atoms. The normalized spacial score (nSPS) is 21.5. The number of nitrogens with zero attached hydrogens (tertiary/aromatic N) is 1. The van der Waals surface area contributed by atoms with Crippen molar-refractivity contribution in [1.29, 1.82) is 0 Å². The molecule has 1 unspecified atom stereocenters. The fourth-order valence-electron chi connectivity index (χ4n) is 1.98. The zero-order chi connectivity index (χ0) is 11.1. The van der Waals surface area contributed by atoms with E-state index in [1.54, 1.807) is 0 Å². The quantitative estimate of drug-likeness (QED) is 0.768. The maximum absolute atomic E-state index is 5.90. The number of fused-ring (bicyclic) bond motifs is 1. The first-order chi connectivity index (χ1) is 6.94. The number of aryl methyl sites for hydroxylation is 1. The van der Waals surface area contributed by atoms with Gasteiger partial charge in [0.1, 0.15) is 5.76 Å². The van der Waals surface area contributed by atoms with Crippen LogP contribution in [0.4, 0.5) is 0 Å². The third-order valence-corrected chi connectivity index (χ3v) is 2.70. The zero-order valence-corrected chi connectivity index (χ0v) is 9.84. The minimum atomic E-state index is 0.232. The SMILES string of the molecule is CC(C)(C)Cc1nc2c(o1)CC(N)CC2. The van der Waals surface area contributed by atoms with E-state index in [0.29, 0.717) is 0 Å². The van der Waals surface area contributed by atoms with Crippen molar-refractivity contribution in [2.75, 3.05) is 0 Å². The van der Waals surface area contributed by atoms with E-state index < -0.39 is 0 Å². The molecule has 1 atom stereocenters. The van der Waals surface area contributed by atoms with Gasteiger partial charge in [0, 0.05) is 18.9 Å². The number of oxazole rings is 1. The van der Waals surface area contributed by atoms with Gasteiger partial charge in [0.25, 0.3) is 0 Å². The highest BCUT2D eigenvalue weighted by Gasteiger charge is 2.23. The van der Waals surface area contributed by atoms with E-state index in [2.05, 4.69) is 25.8 Å². The highest BCUT2D eigenvalue weighted by Crippen LogP contribution is 2.25. The molecule has 0 radical (unpaired) electrons. The van der Waals surface area contributed by atoms with Crippen LogP contribution >= 0.6 is 0 Å². The van der Waals surface area contributed by atoms with Crippen molar-refractivity contribution in [2.45, 2.75) is 52.5 Å². The van der Waals surface area contributed by atoms with Crippen LogP contribution in [0.1, 0.15) is 44.5 Å². The lowest BCUT2D eigenvalue weighted by molar-refractivity contribution is 0.341. The molecular formula is C12H20N2O. The van der Waals surface area contributed by atoms with E-state index in [9.17, 15) is 0 Å². The van der Waals surface area contributed by atoms with Crippen LogP contribution in [0.2, 0.25) is 0 Å². The van der Waals surface area contributed by atoms with Crippen molar-refractivity contribution in [3.05, 3.63) is 17.3 Å². The second-order valence-electron chi connectivity index (χ2n) is 5.72. The molecule has 0 fully saturated rings. The van der Waals surface area contributed by atoms with E-state index in [4.69, 9.17) is 10.2 Å². The van der Waals surface area contributed by atoms with Crippen LogP contribution in [0.25, 0.3) is 0 Å². The van der Waals surface area contributed by atoms with Gasteiger partial charge in [-0.05, 0) is 18.3 Å². The molecule has 3 nitrogen and oxygen atoms in total. The third-order valence-electron chi connectivity index (χ3n) is 2.70. The summed E-state index contributed by atoms with van der Waals surface area (Å²) in [5.41, 5.74) is 7.27. The van der Waals surface area contributed by atoms with Crippen LogP contribution in [0, 0.1) is 5.41 Å². The Morgan fingerprint density at radius 1 is 1.47 bits per heavy atom. The van der Waals surface area contributed by atoms with Crippen LogP contribution in [-0.4, -0.2) is 11.0 Å². The van der Waals surface area contributed by atoms with Gasteiger partial charge in [0.05, 0.1) is 5.69 Å². The van der Waals surface area contributed by atoms with Gasteiger partial charge in [0.15, 0.2) is 5.89 Å². The Morgan fingerprint density at radius 2 is 2.20 bits per heavy atom. The number of hydrogen-bond acceptors (Lipinski definition) is 3. The number of nitrogens with two attached hydrogens (primary N) is 1. The standard InChI is InChI=1S/C12H20N2O/c1-12(2,3)7-11-14-9-5-4-8(13)6-10(9)15-11/h8H,4-7,13H2,1-3H3. The second kappa shape index (κ2) is 3.63.